The van der Waals surface area contributed by atoms with Crippen molar-refractivity contribution in [1.82, 2.24) is 24.6 Å². The van der Waals surface area contributed by atoms with E-state index in [1.54, 1.807) is 10.7 Å². The van der Waals surface area contributed by atoms with Crippen LogP contribution in [-0.2, 0) is 0 Å². The number of aromatic nitrogens is 5. The van der Waals surface area contributed by atoms with Crippen LogP contribution in [-0.4, -0.2) is 36.6 Å². The second kappa shape index (κ2) is 6.11. The van der Waals surface area contributed by atoms with E-state index in [1.165, 1.54) is 12.4 Å². The maximum absolute atomic E-state index is 12.6. The zero-order chi connectivity index (χ0) is 17.3. The zero-order valence-corrected chi connectivity index (χ0v) is 13.5. The lowest BCUT2D eigenvalue weighted by atomic mass is 10.3. The summed E-state index contributed by atoms with van der Waals surface area (Å²) in [5.74, 6) is -0.256. The van der Waals surface area contributed by atoms with Gasteiger partial charge in [-0.3, -0.25) is 4.79 Å². The molecule has 9 nitrogen and oxygen atoms in total. The van der Waals surface area contributed by atoms with E-state index >= 15 is 0 Å². The number of fused-ring (bicyclic) bond motifs is 1. The Morgan fingerprint density at radius 3 is 2.83 bits per heavy atom. The lowest BCUT2D eigenvalue weighted by Gasteiger charge is -2.12. The number of nitrogens with one attached hydrogen (secondary N) is 1. The first-order valence-corrected chi connectivity index (χ1v) is 7.34. The lowest BCUT2D eigenvalue weighted by Crippen LogP contribution is -2.18. The van der Waals surface area contributed by atoms with Gasteiger partial charge in [-0.25, -0.2) is 14.5 Å². The third kappa shape index (κ3) is 3.09. The first kappa shape index (κ1) is 15.7. The number of carbonyl (C=O) groups excluding carboxylic acids is 1. The van der Waals surface area contributed by atoms with Gasteiger partial charge in [0.25, 0.3) is 5.91 Å². The summed E-state index contributed by atoms with van der Waals surface area (Å²) in [5, 5.41) is 6.92. The summed E-state index contributed by atoms with van der Waals surface area (Å²) < 4.78 is 7.13. The highest BCUT2D eigenvalue weighted by Crippen LogP contribution is 2.20. The van der Waals surface area contributed by atoms with E-state index in [0.717, 1.165) is 5.56 Å². The molecule has 24 heavy (non-hydrogen) atoms. The van der Waals surface area contributed by atoms with Crippen LogP contribution in [0.3, 0.4) is 0 Å². The average molecular weight is 327 g/mol. The van der Waals surface area contributed by atoms with Crippen molar-refractivity contribution >= 4 is 23.2 Å². The molecule has 3 N–H and O–H groups in total. The monoisotopic (exact) mass is 327 g/mol. The maximum atomic E-state index is 12.6. The van der Waals surface area contributed by atoms with E-state index in [-0.39, 0.29) is 23.5 Å². The van der Waals surface area contributed by atoms with Crippen LogP contribution in [0, 0.1) is 6.92 Å². The van der Waals surface area contributed by atoms with Crippen LogP contribution in [0.4, 0.5) is 11.6 Å². The highest BCUT2D eigenvalue weighted by Gasteiger charge is 2.18. The Morgan fingerprint density at radius 2 is 2.08 bits per heavy atom. The number of rotatable bonds is 4. The van der Waals surface area contributed by atoms with Gasteiger partial charge in [0, 0.05) is 18.6 Å². The summed E-state index contributed by atoms with van der Waals surface area (Å²) in [6, 6.07) is 0. The summed E-state index contributed by atoms with van der Waals surface area (Å²) in [6.07, 6.45) is 6.22. The second-order valence-electron chi connectivity index (χ2n) is 5.53. The van der Waals surface area contributed by atoms with E-state index in [0.29, 0.717) is 11.3 Å². The predicted octanol–water partition coefficient (Wildman–Crippen LogP) is 1.45. The molecule has 0 aliphatic carbocycles. The topological polar surface area (TPSA) is 120 Å². The third-order valence-corrected chi connectivity index (χ3v) is 3.10. The van der Waals surface area contributed by atoms with E-state index in [2.05, 4.69) is 25.4 Å². The molecule has 0 atom stereocenters. The molecule has 0 fully saturated rings. The molecule has 0 spiro atoms. The van der Waals surface area contributed by atoms with Crippen molar-refractivity contribution in [2.75, 3.05) is 11.1 Å². The Labute approximate surface area is 137 Å². The van der Waals surface area contributed by atoms with Crippen LogP contribution in [0.25, 0.3) is 5.65 Å². The minimum absolute atomic E-state index is 0.0373. The Morgan fingerprint density at radius 1 is 1.29 bits per heavy atom. The van der Waals surface area contributed by atoms with Crippen molar-refractivity contribution in [2.24, 2.45) is 0 Å². The average Bonchev–Trinajstić information content (AvgIpc) is 2.88. The fourth-order valence-electron chi connectivity index (χ4n) is 2.09. The van der Waals surface area contributed by atoms with Gasteiger partial charge < -0.3 is 15.8 Å². The number of nitrogen functional groups attached to an aromatic ring is 1. The highest BCUT2D eigenvalue weighted by molar-refractivity contribution is 6.07. The summed E-state index contributed by atoms with van der Waals surface area (Å²) in [6.45, 7) is 5.57. The number of carbonyl (C=O) groups is 1. The van der Waals surface area contributed by atoms with Gasteiger partial charge in [-0.2, -0.15) is 10.1 Å². The Kier molecular flexibility index (Phi) is 3.98. The van der Waals surface area contributed by atoms with Crippen molar-refractivity contribution in [3.63, 3.8) is 0 Å². The van der Waals surface area contributed by atoms with Crippen molar-refractivity contribution in [3.05, 3.63) is 35.9 Å². The molecular weight excluding hydrogens is 310 g/mol. The molecule has 124 valence electrons. The predicted molar refractivity (Wildman–Crippen MR) is 87.9 cm³/mol. The van der Waals surface area contributed by atoms with E-state index in [1.807, 2.05) is 27.0 Å². The zero-order valence-electron chi connectivity index (χ0n) is 13.5. The summed E-state index contributed by atoms with van der Waals surface area (Å²) >= 11 is 0. The van der Waals surface area contributed by atoms with Gasteiger partial charge in [-0.15, -0.1) is 0 Å². The summed E-state index contributed by atoms with van der Waals surface area (Å²) in [7, 11) is 0. The molecule has 3 aromatic rings. The molecule has 9 heteroatoms. The minimum atomic E-state index is -0.428. The van der Waals surface area contributed by atoms with Crippen LogP contribution < -0.4 is 15.8 Å². The molecule has 0 radical (unpaired) electrons. The van der Waals surface area contributed by atoms with Crippen LogP contribution >= 0.6 is 0 Å². The molecule has 0 unspecified atom stereocenters. The van der Waals surface area contributed by atoms with Crippen molar-refractivity contribution in [2.45, 2.75) is 26.9 Å². The molecule has 3 aromatic heterocycles. The minimum Gasteiger partial charge on any atom is -0.474 e. The molecule has 0 aromatic carbocycles. The SMILES string of the molecule is Cc1cnc2c(NC(=O)c3cnc(N)nc3OC(C)C)cnn2c1. The summed E-state index contributed by atoms with van der Waals surface area (Å²) in [5.41, 5.74) is 7.73. The van der Waals surface area contributed by atoms with Crippen LogP contribution in [0.1, 0.15) is 29.8 Å². The molecule has 3 rings (SSSR count). The van der Waals surface area contributed by atoms with Crippen molar-refractivity contribution in [3.8, 4) is 5.88 Å². The lowest BCUT2D eigenvalue weighted by molar-refractivity contribution is 0.101. The van der Waals surface area contributed by atoms with Gasteiger partial charge in [0.05, 0.1) is 12.3 Å². The van der Waals surface area contributed by atoms with E-state index < -0.39 is 5.91 Å². The van der Waals surface area contributed by atoms with Gasteiger partial charge in [-0.05, 0) is 26.3 Å². The van der Waals surface area contributed by atoms with Crippen LogP contribution in [0.5, 0.6) is 5.88 Å². The molecule has 0 aliphatic rings. The molecule has 0 aliphatic heterocycles. The fraction of sp³-hybridized carbons (Fsp3) is 0.267. The second-order valence-corrected chi connectivity index (χ2v) is 5.53. The molecule has 0 bridgehead atoms. The van der Waals surface area contributed by atoms with Crippen molar-refractivity contribution < 1.29 is 9.53 Å². The smallest absolute Gasteiger partial charge is 0.262 e. The maximum Gasteiger partial charge on any atom is 0.262 e. The van der Waals surface area contributed by atoms with E-state index in [4.69, 9.17) is 10.5 Å². The summed E-state index contributed by atoms with van der Waals surface area (Å²) in [4.78, 5) is 24.7. The molecular formula is C15H17N7O2. The standard InChI is InChI=1S/C15H17N7O2/c1-8(2)24-14-10(5-18-15(16)21-14)13(23)20-11-6-19-22-7-9(3)4-17-12(11)22/h4-8H,1-3H3,(H,20,23)(H2,16,18,21). The first-order chi connectivity index (χ1) is 11.4. The Balaban J connectivity index is 1.91. The number of amides is 1. The normalized spacial score (nSPS) is 11.0. The highest BCUT2D eigenvalue weighted by atomic mass is 16.5. The van der Waals surface area contributed by atoms with Gasteiger partial charge in [0.15, 0.2) is 5.65 Å². The largest absolute Gasteiger partial charge is 0.474 e. The van der Waals surface area contributed by atoms with Gasteiger partial charge in [0.1, 0.15) is 11.3 Å². The number of nitrogens with zero attached hydrogens (tertiary/aromatic N) is 5. The van der Waals surface area contributed by atoms with Crippen LogP contribution in [0.15, 0.2) is 24.8 Å². The molecule has 0 saturated heterocycles. The van der Waals surface area contributed by atoms with Gasteiger partial charge in [-0.1, -0.05) is 0 Å². The van der Waals surface area contributed by atoms with Crippen molar-refractivity contribution in [1.29, 1.82) is 0 Å². The number of aryl methyl sites for hydroxylation is 1. The number of hydrogen-bond donors (Lipinski definition) is 2. The molecule has 1 amide bonds. The van der Waals surface area contributed by atoms with Gasteiger partial charge >= 0.3 is 0 Å². The third-order valence-electron chi connectivity index (χ3n) is 3.10. The number of hydrogen-bond acceptors (Lipinski definition) is 7. The Hall–Kier alpha value is -3.23. The number of anilines is 2. The fourth-order valence-corrected chi connectivity index (χ4v) is 2.09. The molecule has 3 heterocycles. The van der Waals surface area contributed by atoms with Crippen LogP contribution in [0.2, 0.25) is 0 Å². The number of nitrogens with two attached hydrogens (primary N) is 1. The van der Waals surface area contributed by atoms with Gasteiger partial charge in [0.2, 0.25) is 11.8 Å². The first-order valence-electron chi connectivity index (χ1n) is 7.34. The quantitative estimate of drug-likeness (QED) is 0.744. The Bertz CT molecular complexity index is 904. The number of ether oxygens (including phenoxy) is 1. The molecule has 0 saturated carbocycles. The van der Waals surface area contributed by atoms with E-state index in [9.17, 15) is 4.79 Å².